The van der Waals surface area contributed by atoms with Crippen LogP contribution in [-0.2, 0) is 13.5 Å². The van der Waals surface area contributed by atoms with Gasteiger partial charge in [-0.1, -0.05) is 15.9 Å². The Morgan fingerprint density at radius 2 is 2.26 bits per heavy atom. The summed E-state index contributed by atoms with van der Waals surface area (Å²) in [6.07, 6.45) is 3.88. The highest BCUT2D eigenvalue weighted by atomic mass is 79.9. The quantitative estimate of drug-likeness (QED) is 0.890. The Balaban J connectivity index is 2.01. The van der Waals surface area contributed by atoms with E-state index in [0.29, 0.717) is 0 Å². The lowest BCUT2D eigenvalue weighted by Crippen LogP contribution is -2.30. The predicted octanol–water partition coefficient (Wildman–Crippen LogP) is 3.79. The van der Waals surface area contributed by atoms with Gasteiger partial charge in [-0.05, 0) is 69.0 Å². The SMILES string of the molecule is Cc1c(CC2CCCNC2)c2cc(Br)ccc2n1C. The van der Waals surface area contributed by atoms with Crippen LogP contribution in [0, 0.1) is 12.8 Å². The zero-order chi connectivity index (χ0) is 13.4. The van der Waals surface area contributed by atoms with Crippen LogP contribution in [0.2, 0.25) is 0 Å². The summed E-state index contributed by atoms with van der Waals surface area (Å²) in [6.45, 7) is 4.61. The van der Waals surface area contributed by atoms with Crippen molar-refractivity contribution in [2.24, 2.45) is 13.0 Å². The number of aromatic nitrogens is 1. The van der Waals surface area contributed by atoms with E-state index in [1.807, 2.05) is 0 Å². The van der Waals surface area contributed by atoms with Crippen LogP contribution in [0.15, 0.2) is 22.7 Å². The summed E-state index contributed by atoms with van der Waals surface area (Å²) in [5, 5.41) is 4.94. The molecule has 2 aromatic rings. The molecule has 0 aliphatic carbocycles. The van der Waals surface area contributed by atoms with Crippen LogP contribution in [0.4, 0.5) is 0 Å². The zero-order valence-corrected chi connectivity index (χ0v) is 13.3. The van der Waals surface area contributed by atoms with Crippen LogP contribution < -0.4 is 5.32 Å². The molecule has 2 heterocycles. The van der Waals surface area contributed by atoms with Crippen LogP contribution in [0.25, 0.3) is 10.9 Å². The first-order valence-electron chi connectivity index (χ1n) is 7.11. The number of rotatable bonds is 2. The summed E-state index contributed by atoms with van der Waals surface area (Å²) in [5.74, 6) is 0.789. The molecule has 1 unspecified atom stereocenters. The fourth-order valence-corrected chi connectivity index (χ4v) is 3.63. The van der Waals surface area contributed by atoms with Crippen LogP contribution >= 0.6 is 15.9 Å². The molecule has 1 aromatic heterocycles. The van der Waals surface area contributed by atoms with Gasteiger partial charge in [-0.25, -0.2) is 0 Å². The van der Waals surface area contributed by atoms with Crippen molar-refractivity contribution in [1.82, 2.24) is 9.88 Å². The lowest BCUT2D eigenvalue weighted by atomic mass is 9.91. The number of piperidine rings is 1. The molecule has 0 bridgehead atoms. The van der Waals surface area contributed by atoms with Crippen molar-refractivity contribution in [2.75, 3.05) is 13.1 Å². The van der Waals surface area contributed by atoms with Crippen molar-refractivity contribution < 1.29 is 0 Å². The molecule has 1 N–H and O–H groups in total. The van der Waals surface area contributed by atoms with Gasteiger partial charge in [-0.3, -0.25) is 0 Å². The van der Waals surface area contributed by atoms with Gasteiger partial charge < -0.3 is 9.88 Å². The third-order valence-corrected chi connectivity index (χ3v) is 4.97. The molecule has 1 aromatic carbocycles. The summed E-state index contributed by atoms with van der Waals surface area (Å²) in [4.78, 5) is 0. The molecule has 1 aliphatic rings. The number of hydrogen-bond donors (Lipinski definition) is 1. The molecule has 3 heteroatoms. The average Bonchev–Trinajstić information content (AvgIpc) is 2.65. The summed E-state index contributed by atoms with van der Waals surface area (Å²) >= 11 is 3.60. The number of nitrogens with one attached hydrogen (secondary N) is 1. The summed E-state index contributed by atoms with van der Waals surface area (Å²) in [5.41, 5.74) is 4.30. The van der Waals surface area contributed by atoms with Crippen LogP contribution in [0.1, 0.15) is 24.1 Å². The van der Waals surface area contributed by atoms with Crippen molar-refractivity contribution in [2.45, 2.75) is 26.2 Å². The smallest absolute Gasteiger partial charge is 0.0483 e. The molecule has 1 aliphatic heterocycles. The van der Waals surface area contributed by atoms with Gasteiger partial charge in [-0.15, -0.1) is 0 Å². The monoisotopic (exact) mass is 320 g/mol. The van der Waals surface area contributed by atoms with Crippen molar-refractivity contribution in [3.05, 3.63) is 33.9 Å². The second-order valence-electron chi connectivity index (χ2n) is 5.70. The van der Waals surface area contributed by atoms with E-state index in [-0.39, 0.29) is 0 Å². The van der Waals surface area contributed by atoms with Gasteiger partial charge in [0.05, 0.1) is 0 Å². The minimum Gasteiger partial charge on any atom is -0.348 e. The van der Waals surface area contributed by atoms with Crippen molar-refractivity contribution in [3.8, 4) is 0 Å². The number of nitrogens with zero attached hydrogens (tertiary/aromatic N) is 1. The maximum Gasteiger partial charge on any atom is 0.0483 e. The van der Waals surface area contributed by atoms with Crippen molar-refractivity contribution in [1.29, 1.82) is 0 Å². The Morgan fingerprint density at radius 3 is 3.00 bits per heavy atom. The van der Waals surface area contributed by atoms with E-state index in [0.717, 1.165) is 5.92 Å². The first kappa shape index (κ1) is 13.2. The molecule has 0 spiro atoms. The van der Waals surface area contributed by atoms with Crippen LogP contribution in [0.5, 0.6) is 0 Å². The lowest BCUT2D eigenvalue weighted by molar-refractivity contribution is 0.376. The molecule has 3 rings (SSSR count). The summed E-state index contributed by atoms with van der Waals surface area (Å²) in [6, 6.07) is 6.62. The van der Waals surface area contributed by atoms with Gasteiger partial charge in [0.25, 0.3) is 0 Å². The Kier molecular flexibility index (Phi) is 3.68. The van der Waals surface area contributed by atoms with E-state index in [1.54, 1.807) is 0 Å². The van der Waals surface area contributed by atoms with Gasteiger partial charge >= 0.3 is 0 Å². The summed E-state index contributed by atoms with van der Waals surface area (Å²) in [7, 11) is 2.17. The zero-order valence-electron chi connectivity index (χ0n) is 11.7. The molecule has 0 radical (unpaired) electrons. The Bertz CT molecular complexity index is 594. The van der Waals surface area contributed by atoms with Gasteiger partial charge in [-0.2, -0.15) is 0 Å². The van der Waals surface area contributed by atoms with E-state index in [4.69, 9.17) is 0 Å². The van der Waals surface area contributed by atoms with Gasteiger partial charge in [0, 0.05) is 28.1 Å². The molecule has 1 fully saturated rings. The molecular weight excluding hydrogens is 300 g/mol. The number of halogens is 1. The molecule has 102 valence electrons. The molecule has 19 heavy (non-hydrogen) atoms. The highest BCUT2D eigenvalue weighted by molar-refractivity contribution is 9.10. The molecule has 2 nitrogen and oxygen atoms in total. The number of fused-ring (bicyclic) bond motifs is 1. The van der Waals surface area contributed by atoms with E-state index < -0.39 is 0 Å². The van der Waals surface area contributed by atoms with Gasteiger partial charge in [0.2, 0.25) is 0 Å². The normalized spacial score (nSPS) is 20.1. The lowest BCUT2D eigenvalue weighted by Gasteiger charge is -2.22. The predicted molar refractivity (Wildman–Crippen MR) is 84.7 cm³/mol. The fraction of sp³-hybridized carbons (Fsp3) is 0.500. The Morgan fingerprint density at radius 1 is 1.42 bits per heavy atom. The molecule has 0 saturated carbocycles. The molecular formula is C16H21BrN2. The number of benzene rings is 1. The van der Waals surface area contributed by atoms with E-state index in [9.17, 15) is 0 Å². The van der Waals surface area contributed by atoms with E-state index >= 15 is 0 Å². The molecule has 1 saturated heterocycles. The molecule has 0 amide bonds. The van der Waals surface area contributed by atoms with Crippen LogP contribution in [-0.4, -0.2) is 17.7 Å². The third kappa shape index (κ3) is 2.46. The average molecular weight is 321 g/mol. The first-order valence-corrected chi connectivity index (χ1v) is 7.90. The number of hydrogen-bond acceptors (Lipinski definition) is 1. The Hall–Kier alpha value is -0.800. The topological polar surface area (TPSA) is 17.0 Å². The van der Waals surface area contributed by atoms with Crippen molar-refractivity contribution in [3.63, 3.8) is 0 Å². The molecule has 1 atom stereocenters. The first-order chi connectivity index (χ1) is 9.16. The third-order valence-electron chi connectivity index (χ3n) is 4.48. The summed E-state index contributed by atoms with van der Waals surface area (Å²) < 4.78 is 3.50. The maximum absolute atomic E-state index is 3.60. The highest BCUT2D eigenvalue weighted by Gasteiger charge is 2.18. The van der Waals surface area contributed by atoms with E-state index in [1.165, 1.54) is 59.0 Å². The second kappa shape index (κ2) is 5.29. The van der Waals surface area contributed by atoms with Gasteiger partial charge in [0.15, 0.2) is 0 Å². The van der Waals surface area contributed by atoms with Crippen LogP contribution in [0.3, 0.4) is 0 Å². The fourth-order valence-electron chi connectivity index (χ4n) is 3.27. The number of aryl methyl sites for hydroxylation is 1. The minimum absolute atomic E-state index is 0.789. The maximum atomic E-state index is 3.60. The minimum atomic E-state index is 0.789. The van der Waals surface area contributed by atoms with E-state index in [2.05, 4.69) is 58.0 Å². The Labute approximate surface area is 123 Å². The van der Waals surface area contributed by atoms with Gasteiger partial charge in [0.1, 0.15) is 0 Å². The largest absolute Gasteiger partial charge is 0.348 e. The highest BCUT2D eigenvalue weighted by Crippen LogP contribution is 2.30. The standard InChI is InChI=1S/C16H21BrN2/c1-11-14(8-12-4-3-7-18-10-12)15-9-13(17)5-6-16(15)19(11)2/h5-6,9,12,18H,3-4,7-8,10H2,1-2H3. The van der Waals surface area contributed by atoms with Crippen molar-refractivity contribution >= 4 is 26.8 Å². The second-order valence-corrected chi connectivity index (χ2v) is 6.62.